The lowest BCUT2D eigenvalue weighted by Crippen LogP contribution is -1.92. The van der Waals surface area contributed by atoms with Gasteiger partial charge in [-0.05, 0) is 141 Å². The summed E-state index contributed by atoms with van der Waals surface area (Å²) in [6, 6.07) is 44.9. The van der Waals surface area contributed by atoms with E-state index in [1.165, 1.54) is 0 Å². The SMILES string of the molecule is CCOc1ccc(N=Nc2ccc(N=Nc3ccccc3)cc2)cc1C.Cc1cc(N=Nc2ccc(N=Nc3ccccc3)cc2)ccc1O. The van der Waals surface area contributed by atoms with Gasteiger partial charge in [0.25, 0.3) is 0 Å². The predicted molar refractivity (Wildman–Crippen MR) is 198 cm³/mol. The number of azo groups is 4. The van der Waals surface area contributed by atoms with Crippen molar-refractivity contribution in [2.45, 2.75) is 20.8 Å². The van der Waals surface area contributed by atoms with E-state index >= 15 is 0 Å². The van der Waals surface area contributed by atoms with Gasteiger partial charge in [0.15, 0.2) is 0 Å². The number of phenols is 1. The Morgan fingerprint density at radius 2 is 0.720 bits per heavy atom. The molecule has 0 aliphatic carbocycles. The maximum Gasteiger partial charge on any atom is 0.122 e. The van der Waals surface area contributed by atoms with Gasteiger partial charge >= 0.3 is 0 Å². The van der Waals surface area contributed by atoms with Crippen molar-refractivity contribution in [3.63, 3.8) is 0 Å². The summed E-state index contributed by atoms with van der Waals surface area (Å²) in [4.78, 5) is 0. The van der Waals surface area contributed by atoms with Crippen molar-refractivity contribution in [2.75, 3.05) is 6.61 Å². The summed E-state index contributed by atoms with van der Waals surface area (Å²) < 4.78 is 5.53. The Bertz CT molecular complexity index is 2080. The molecule has 0 aliphatic heterocycles. The largest absolute Gasteiger partial charge is 0.508 e. The standard InChI is InChI=1S/C21H20N4O.C19H16N4O/c1-3-26-21-14-13-20(15-16(21)2)25-24-19-11-9-18(10-12-19)23-22-17-7-5-4-6-8-17;1-14-13-18(11-12-19(14)24)23-22-17-9-7-16(8-10-17)21-20-15-5-3-2-4-6-15/h4-15H,3H2,1-2H3;2-13,24H,1H3. The van der Waals surface area contributed by atoms with Crippen LogP contribution in [0.2, 0.25) is 0 Å². The van der Waals surface area contributed by atoms with E-state index in [4.69, 9.17) is 4.74 Å². The molecule has 0 fully saturated rings. The van der Waals surface area contributed by atoms with E-state index in [9.17, 15) is 5.11 Å². The van der Waals surface area contributed by atoms with Gasteiger partial charge in [-0.1, -0.05) is 36.4 Å². The van der Waals surface area contributed by atoms with E-state index in [0.717, 1.165) is 56.7 Å². The van der Waals surface area contributed by atoms with Crippen LogP contribution in [0.15, 0.2) is 187 Å². The zero-order valence-electron chi connectivity index (χ0n) is 28.0. The van der Waals surface area contributed by atoms with E-state index in [2.05, 4.69) is 40.9 Å². The Hall–Kier alpha value is -6.68. The predicted octanol–water partition coefficient (Wildman–Crippen LogP) is 13.8. The molecule has 0 atom stereocenters. The Balaban J connectivity index is 0.000000195. The molecule has 0 saturated heterocycles. The third-order valence-corrected chi connectivity index (χ3v) is 6.97. The second kappa shape index (κ2) is 18.0. The number of hydrogen-bond acceptors (Lipinski definition) is 10. The highest BCUT2D eigenvalue weighted by Crippen LogP contribution is 2.28. The first-order valence-electron chi connectivity index (χ1n) is 16.0. The first-order chi connectivity index (χ1) is 24.4. The Morgan fingerprint density at radius 3 is 1.08 bits per heavy atom. The number of aryl methyl sites for hydroxylation is 2. The lowest BCUT2D eigenvalue weighted by molar-refractivity contribution is 0.338. The minimum absolute atomic E-state index is 0.252. The van der Waals surface area contributed by atoms with Crippen molar-refractivity contribution in [1.29, 1.82) is 0 Å². The highest BCUT2D eigenvalue weighted by Gasteiger charge is 2.01. The van der Waals surface area contributed by atoms with Crippen LogP contribution in [0.25, 0.3) is 0 Å². The summed E-state index contributed by atoms with van der Waals surface area (Å²) in [5.74, 6) is 1.13. The third-order valence-electron chi connectivity index (χ3n) is 6.97. The van der Waals surface area contributed by atoms with E-state index < -0.39 is 0 Å². The molecule has 0 radical (unpaired) electrons. The van der Waals surface area contributed by atoms with Crippen LogP contribution in [0.4, 0.5) is 45.5 Å². The fourth-order valence-electron chi connectivity index (χ4n) is 4.34. The van der Waals surface area contributed by atoms with Crippen LogP contribution in [-0.4, -0.2) is 11.7 Å². The van der Waals surface area contributed by atoms with Crippen molar-refractivity contribution < 1.29 is 9.84 Å². The number of hydrogen-bond donors (Lipinski definition) is 1. The van der Waals surface area contributed by atoms with Crippen LogP contribution in [0, 0.1) is 13.8 Å². The van der Waals surface area contributed by atoms with Gasteiger partial charge in [0.05, 0.1) is 52.1 Å². The van der Waals surface area contributed by atoms with Gasteiger partial charge in [-0.15, -0.1) is 0 Å². The summed E-state index contributed by atoms with van der Waals surface area (Å²) >= 11 is 0. The van der Waals surface area contributed by atoms with Crippen molar-refractivity contribution in [3.8, 4) is 11.5 Å². The topological polar surface area (TPSA) is 128 Å². The summed E-state index contributed by atoms with van der Waals surface area (Å²) in [5, 5.41) is 43.1. The summed E-state index contributed by atoms with van der Waals surface area (Å²) in [6.07, 6.45) is 0. The second-order valence-electron chi connectivity index (χ2n) is 10.9. The van der Waals surface area contributed by atoms with Gasteiger partial charge in [-0.2, -0.15) is 40.9 Å². The average molecular weight is 661 g/mol. The van der Waals surface area contributed by atoms with Crippen molar-refractivity contribution >= 4 is 45.5 Å². The Labute approximate surface area is 291 Å². The molecular formula is C40H36N8O2. The van der Waals surface area contributed by atoms with Crippen molar-refractivity contribution in [3.05, 3.63) is 157 Å². The quantitative estimate of drug-likeness (QED) is 0.147. The van der Waals surface area contributed by atoms with Crippen molar-refractivity contribution in [2.24, 2.45) is 40.9 Å². The normalized spacial score (nSPS) is 11.3. The number of rotatable bonds is 10. The molecule has 248 valence electrons. The molecule has 0 unspecified atom stereocenters. The second-order valence-corrected chi connectivity index (χ2v) is 10.9. The first-order valence-corrected chi connectivity index (χ1v) is 16.0. The van der Waals surface area contributed by atoms with Gasteiger partial charge in [-0.3, -0.25) is 0 Å². The van der Waals surface area contributed by atoms with E-state index in [0.29, 0.717) is 12.3 Å². The zero-order valence-corrected chi connectivity index (χ0v) is 28.0. The highest BCUT2D eigenvalue weighted by atomic mass is 16.5. The van der Waals surface area contributed by atoms with Gasteiger partial charge in [0, 0.05) is 0 Å². The molecule has 0 heterocycles. The zero-order chi connectivity index (χ0) is 35.0. The molecular weight excluding hydrogens is 624 g/mol. The first kappa shape index (κ1) is 34.6. The van der Waals surface area contributed by atoms with Crippen LogP contribution in [0.5, 0.6) is 11.5 Å². The van der Waals surface area contributed by atoms with Crippen LogP contribution in [0.1, 0.15) is 18.1 Å². The smallest absolute Gasteiger partial charge is 0.122 e. The Morgan fingerprint density at radius 1 is 0.400 bits per heavy atom. The monoisotopic (exact) mass is 660 g/mol. The van der Waals surface area contributed by atoms with Gasteiger partial charge in [-0.25, -0.2) is 0 Å². The molecule has 10 heteroatoms. The van der Waals surface area contributed by atoms with Crippen LogP contribution in [-0.2, 0) is 0 Å². The van der Waals surface area contributed by atoms with Gasteiger partial charge in [0.1, 0.15) is 11.5 Å². The number of aromatic hydroxyl groups is 1. The van der Waals surface area contributed by atoms with E-state index in [-0.39, 0.29) is 5.75 Å². The Kier molecular flexibility index (Phi) is 12.5. The molecule has 10 nitrogen and oxygen atoms in total. The average Bonchev–Trinajstić information content (AvgIpc) is 3.16. The number of benzene rings is 6. The number of nitrogens with zero attached hydrogens (tertiary/aromatic N) is 8. The molecule has 0 spiro atoms. The molecule has 0 saturated carbocycles. The lowest BCUT2D eigenvalue weighted by Gasteiger charge is -2.06. The highest BCUT2D eigenvalue weighted by molar-refractivity contribution is 5.51. The molecule has 1 N–H and O–H groups in total. The summed E-state index contributed by atoms with van der Waals surface area (Å²) in [7, 11) is 0. The fourth-order valence-corrected chi connectivity index (χ4v) is 4.34. The molecule has 50 heavy (non-hydrogen) atoms. The molecule has 6 rings (SSSR count). The molecule has 0 aromatic heterocycles. The van der Waals surface area contributed by atoms with Gasteiger partial charge < -0.3 is 9.84 Å². The summed E-state index contributed by atoms with van der Waals surface area (Å²) in [5.41, 5.74) is 7.92. The fraction of sp³-hybridized carbons (Fsp3) is 0.100. The van der Waals surface area contributed by atoms with Crippen LogP contribution >= 0.6 is 0 Å². The number of ether oxygens (including phenoxy) is 1. The van der Waals surface area contributed by atoms with Crippen molar-refractivity contribution in [1.82, 2.24) is 0 Å². The van der Waals surface area contributed by atoms with E-state index in [1.54, 1.807) is 18.2 Å². The maximum atomic E-state index is 9.50. The minimum Gasteiger partial charge on any atom is -0.508 e. The van der Waals surface area contributed by atoms with Crippen LogP contribution < -0.4 is 4.74 Å². The van der Waals surface area contributed by atoms with E-state index in [1.807, 2.05) is 148 Å². The molecule has 0 aliphatic rings. The minimum atomic E-state index is 0.252. The molecule has 0 amide bonds. The van der Waals surface area contributed by atoms with Crippen LogP contribution in [0.3, 0.4) is 0 Å². The molecule has 6 aromatic rings. The molecule has 6 aromatic carbocycles. The summed E-state index contributed by atoms with van der Waals surface area (Å²) in [6.45, 7) is 6.43. The lowest BCUT2D eigenvalue weighted by atomic mass is 10.2. The number of phenolic OH excluding ortho intramolecular Hbond substituents is 1. The maximum absolute atomic E-state index is 9.50. The van der Waals surface area contributed by atoms with Gasteiger partial charge in [0.2, 0.25) is 0 Å². The molecule has 0 bridgehead atoms. The third kappa shape index (κ3) is 11.0.